The Morgan fingerprint density at radius 1 is 1.14 bits per heavy atom. The number of likely N-dealkylation sites (N-methyl/N-ethyl adjacent to an activating group) is 1. The highest BCUT2D eigenvalue weighted by Gasteiger charge is 2.17. The summed E-state index contributed by atoms with van der Waals surface area (Å²) in [7, 11) is 2.15. The van der Waals surface area contributed by atoms with Crippen molar-refractivity contribution in [3.63, 3.8) is 0 Å². The van der Waals surface area contributed by atoms with Gasteiger partial charge < -0.3 is 10.2 Å². The highest BCUT2D eigenvalue weighted by atomic mass is 15.2. The highest BCUT2D eigenvalue weighted by Crippen LogP contribution is 2.12. The second kappa shape index (κ2) is 7.90. The van der Waals surface area contributed by atoms with E-state index >= 15 is 0 Å². The molecule has 0 spiro atoms. The molecule has 2 rings (SSSR count). The van der Waals surface area contributed by atoms with Crippen LogP contribution in [0, 0.1) is 12.8 Å². The van der Waals surface area contributed by atoms with Gasteiger partial charge in [-0.1, -0.05) is 44.2 Å². The third-order valence-corrected chi connectivity index (χ3v) is 3.72. The predicted octanol–water partition coefficient (Wildman–Crippen LogP) is 3.35. The summed E-state index contributed by atoms with van der Waals surface area (Å²) in [6.45, 7) is 8.33. The number of benzene rings is 1. The van der Waals surface area contributed by atoms with Gasteiger partial charge in [-0.25, -0.2) is 9.97 Å². The normalized spacial score (nSPS) is 12.6. The zero-order valence-electron chi connectivity index (χ0n) is 14.0. The van der Waals surface area contributed by atoms with Gasteiger partial charge >= 0.3 is 0 Å². The lowest BCUT2D eigenvalue weighted by atomic mass is 10.0. The number of aryl methyl sites for hydroxylation is 1. The van der Waals surface area contributed by atoms with E-state index in [0.29, 0.717) is 17.9 Å². The molecule has 0 radical (unpaired) electrons. The van der Waals surface area contributed by atoms with Crippen molar-refractivity contribution in [3.8, 4) is 0 Å². The van der Waals surface area contributed by atoms with E-state index in [4.69, 9.17) is 0 Å². The maximum Gasteiger partial charge on any atom is 0.223 e. The van der Waals surface area contributed by atoms with Crippen molar-refractivity contribution >= 4 is 5.95 Å². The van der Waals surface area contributed by atoms with Gasteiger partial charge in [0.2, 0.25) is 5.95 Å². The molecule has 0 amide bonds. The number of hydrogen-bond donors (Lipinski definition) is 1. The molecule has 4 nitrogen and oxygen atoms in total. The zero-order chi connectivity index (χ0) is 15.9. The van der Waals surface area contributed by atoms with E-state index in [1.807, 2.05) is 13.0 Å². The Balaban J connectivity index is 1.96. The largest absolute Gasteiger partial charge is 0.350 e. The summed E-state index contributed by atoms with van der Waals surface area (Å²) in [5, 5.41) is 3.47. The van der Waals surface area contributed by atoms with E-state index in [1.54, 1.807) is 6.20 Å². The van der Waals surface area contributed by atoms with Crippen molar-refractivity contribution in [2.24, 2.45) is 5.92 Å². The standard InChI is InChI=1S/C18H26N4/c1-14(2)17(21-18-19-11-10-15(3)20-18)13-22(4)12-16-8-6-5-7-9-16/h5-11,14,17H,12-13H2,1-4H3,(H,19,20,21). The van der Waals surface area contributed by atoms with Crippen LogP contribution in [0.4, 0.5) is 5.95 Å². The van der Waals surface area contributed by atoms with Gasteiger partial charge in [-0.05, 0) is 31.5 Å². The smallest absolute Gasteiger partial charge is 0.223 e. The SMILES string of the molecule is Cc1ccnc(NC(CN(C)Cc2ccccc2)C(C)C)n1. The molecule has 1 atom stereocenters. The molecule has 0 aliphatic heterocycles. The van der Waals surface area contributed by atoms with Gasteiger partial charge in [0.1, 0.15) is 0 Å². The fourth-order valence-corrected chi connectivity index (χ4v) is 2.40. The second-order valence-corrected chi connectivity index (χ2v) is 6.20. The summed E-state index contributed by atoms with van der Waals surface area (Å²) in [6, 6.07) is 12.8. The molecule has 0 saturated carbocycles. The molecule has 118 valence electrons. The summed E-state index contributed by atoms with van der Waals surface area (Å²) in [6.07, 6.45) is 1.80. The van der Waals surface area contributed by atoms with Crippen molar-refractivity contribution in [2.75, 3.05) is 18.9 Å². The van der Waals surface area contributed by atoms with Crippen LogP contribution in [0.5, 0.6) is 0 Å². The number of aromatic nitrogens is 2. The minimum Gasteiger partial charge on any atom is -0.350 e. The maximum absolute atomic E-state index is 4.45. The van der Waals surface area contributed by atoms with E-state index in [2.05, 4.69) is 71.4 Å². The molecule has 2 aromatic rings. The maximum atomic E-state index is 4.45. The minimum absolute atomic E-state index is 0.315. The summed E-state index contributed by atoms with van der Waals surface area (Å²) in [5.41, 5.74) is 2.32. The van der Waals surface area contributed by atoms with Crippen molar-refractivity contribution in [1.29, 1.82) is 0 Å². The Hall–Kier alpha value is -1.94. The number of anilines is 1. The number of rotatable bonds is 7. The minimum atomic E-state index is 0.315. The molecule has 1 N–H and O–H groups in total. The zero-order valence-corrected chi connectivity index (χ0v) is 14.0. The monoisotopic (exact) mass is 298 g/mol. The summed E-state index contributed by atoms with van der Waals surface area (Å²) in [4.78, 5) is 11.1. The molecule has 0 fully saturated rings. The van der Waals surface area contributed by atoms with E-state index in [1.165, 1.54) is 5.56 Å². The van der Waals surface area contributed by atoms with Gasteiger partial charge in [-0.15, -0.1) is 0 Å². The predicted molar refractivity (Wildman–Crippen MR) is 91.8 cm³/mol. The average molecular weight is 298 g/mol. The van der Waals surface area contributed by atoms with Crippen molar-refractivity contribution in [1.82, 2.24) is 14.9 Å². The summed E-state index contributed by atoms with van der Waals surface area (Å²) in [5.74, 6) is 1.22. The van der Waals surface area contributed by atoms with E-state index in [-0.39, 0.29) is 0 Å². The number of nitrogens with zero attached hydrogens (tertiary/aromatic N) is 3. The van der Waals surface area contributed by atoms with Crippen LogP contribution in [0.3, 0.4) is 0 Å². The molecule has 1 heterocycles. The van der Waals surface area contributed by atoms with Crippen LogP contribution in [0.25, 0.3) is 0 Å². The first kappa shape index (κ1) is 16.4. The molecule has 4 heteroatoms. The fourth-order valence-electron chi connectivity index (χ4n) is 2.40. The molecule has 0 bridgehead atoms. The number of nitrogens with one attached hydrogen (secondary N) is 1. The topological polar surface area (TPSA) is 41.1 Å². The van der Waals surface area contributed by atoms with Gasteiger partial charge in [0.05, 0.1) is 0 Å². The molecule has 0 saturated heterocycles. The van der Waals surface area contributed by atoms with Gasteiger partial charge in [-0.3, -0.25) is 0 Å². The molecule has 1 aromatic carbocycles. The molecule has 0 aliphatic rings. The Morgan fingerprint density at radius 3 is 2.50 bits per heavy atom. The fraction of sp³-hybridized carbons (Fsp3) is 0.444. The second-order valence-electron chi connectivity index (χ2n) is 6.20. The lowest BCUT2D eigenvalue weighted by Crippen LogP contribution is -2.38. The van der Waals surface area contributed by atoms with Gasteiger partial charge in [-0.2, -0.15) is 0 Å². The van der Waals surface area contributed by atoms with Gasteiger partial charge in [0.15, 0.2) is 0 Å². The van der Waals surface area contributed by atoms with E-state index in [9.17, 15) is 0 Å². The summed E-state index contributed by atoms with van der Waals surface area (Å²) >= 11 is 0. The summed E-state index contributed by atoms with van der Waals surface area (Å²) < 4.78 is 0. The van der Waals surface area contributed by atoms with Crippen LogP contribution in [-0.2, 0) is 6.54 Å². The van der Waals surface area contributed by atoms with Crippen molar-refractivity contribution < 1.29 is 0 Å². The van der Waals surface area contributed by atoms with Crippen LogP contribution >= 0.6 is 0 Å². The third kappa shape index (κ3) is 5.11. The van der Waals surface area contributed by atoms with Crippen molar-refractivity contribution in [3.05, 3.63) is 53.9 Å². The quantitative estimate of drug-likeness (QED) is 0.851. The lowest BCUT2D eigenvalue weighted by Gasteiger charge is -2.28. The van der Waals surface area contributed by atoms with Crippen molar-refractivity contribution in [2.45, 2.75) is 33.4 Å². The first-order chi connectivity index (χ1) is 10.5. The highest BCUT2D eigenvalue weighted by molar-refractivity contribution is 5.27. The van der Waals surface area contributed by atoms with Gasteiger partial charge in [0, 0.05) is 31.0 Å². The molecular weight excluding hydrogens is 272 g/mol. The van der Waals surface area contributed by atoms with Crippen LogP contribution in [0.15, 0.2) is 42.6 Å². The Kier molecular flexibility index (Phi) is 5.90. The molecule has 0 aliphatic carbocycles. The first-order valence-electron chi connectivity index (χ1n) is 7.83. The van der Waals surface area contributed by atoms with Crippen LogP contribution < -0.4 is 5.32 Å². The van der Waals surface area contributed by atoms with E-state index < -0.39 is 0 Å². The van der Waals surface area contributed by atoms with Crippen LogP contribution in [-0.4, -0.2) is 34.5 Å². The number of hydrogen-bond acceptors (Lipinski definition) is 4. The lowest BCUT2D eigenvalue weighted by molar-refractivity contribution is 0.286. The van der Waals surface area contributed by atoms with E-state index in [0.717, 1.165) is 18.8 Å². The molecular formula is C18H26N4. The third-order valence-electron chi connectivity index (χ3n) is 3.72. The molecule has 22 heavy (non-hydrogen) atoms. The Labute approximate surface area is 133 Å². The average Bonchev–Trinajstić information content (AvgIpc) is 2.47. The first-order valence-corrected chi connectivity index (χ1v) is 7.83. The van der Waals surface area contributed by atoms with Crippen LogP contribution in [0.2, 0.25) is 0 Å². The molecule has 1 unspecified atom stereocenters. The molecule has 1 aromatic heterocycles. The Morgan fingerprint density at radius 2 is 1.86 bits per heavy atom. The Bertz CT molecular complexity index is 568. The van der Waals surface area contributed by atoms with Gasteiger partial charge in [0.25, 0.3) is 0 Å². The van der Waals surface area contributed by atoms with Crippen LogP contribution in [0.1, 0.15) is 25.1 Å².